The van der Waals surface area contributed by atoms with Gasteiger partial charge in [-0.15, -0.1) is 10.2 Å². The maximum atomic E-state index is 13.4. The molecule has 0 unspecified atom stereocenters. The molecule has 3 aromatic rings. The van der Waals surface area contributed by atoms with Crippen LogP contribution < -0.4 is 5.32 Å². The van der Waals surface area contributed by atoms with Crippen molar-refractivity contribution in [3.8, 4) is 0 Å². The van der Waals surface area contributed by atoms with Crippen LogP contribution >= 0.6 is 11.8 Å². The summed E-state index contributed by atoms with van der Waals surface area (Å²) in [6, 6.07) is 15.6. The van der Waals surface area contributed by atoms with Crippen LogP contribution in [0.4, 0.5) is 5.69 Å². The monoisotopic (exact) mass is 484 g/mol. The Labute approximate surface area is 198 Å². The summed E-state index contributed by atoms with van der Waals surface area (Å²) in [5.41, 5.74) is 3.80. The third-order valence-electron chi connectivity index (χ3n) is 5.78. The first-order chi connectivity index (χ1) is 15.7. The number of sulfone groups is 1. The molecule has 0 bridgehead atoms. The Bertz CT molecular complexity index is 1240. The molecule has 0 aliphatic carbocycles. The van der Waals surface area contributed by atoms with Crippen LogP contribution in [0.25, 0.3) is 0 Å². The molecule has 33 heavy (non-hydrogen) atoms. The summed E-state index contributed by atoms with van der Waals surface area (Å²) in [4.78, 5) is 13.4. The van der Waals surface area contributed by atoms with E-state index in [4.69, 9.17) is 0 Å². The lowest BCUT2D eigenvalue weighted by Crippen LogP contribution is -2.19. The molecule has 1 fully saturated rings. The maximum absolute atomic E-state index is 13.4. The predicted octanol–water partition coefficient (Wildman–Crippen LogP) is 3.88. The minimum Gasteiger partial charge on any atom is -0.325 e. The molecule has 174 valence electrons. The van der Waals surface area contributed by atoms with Gasteiger partial charge in [0.1, 0.15) is 11.1 Å². The zero-order valence-electron chi connectivity index (χ0n) is 19.0. The first-order valence-electron chi connectivity index (χ1n) is 10.9. The van der Waals surface area contributed by atoms with E-state index in [0.29, 0.717) is 18.0 Å². The number of rotatable bonds is 7. The minimum absolute atomic E-state index is 0.0635. The standard InChI is InChI=1S/C24H28N4O3S2/c1-16-11-17(2)13-20(12-16)25-23(29)22(19-7-5-4-6-8-19)32-24-27-26-21(28(24)3)14-18-9-10-33(30,31)15-18/h4-8,11-13,18,22H,9-10,14-15H2,1-3H3,(H,25,29)/t18-,22+/m0/s1. The molecule has 1 aliphatic rings. The highest BCUT2D eigenvalue weighted by Crippen LogP contribution is 2.36. The largest absolute Gasteiger partial charge is 0.325 e. The summed E-state index contributed by atoms with van der Waals surface area (Å²) in [6.45, 7) is 4.01. The summed E-state index contributed by atoms with van der Waals surface area (Å²) in [5, 5.41) is 11.8. The molecule has 2 atom stereocenters. The van der Waals surface area contributed by atoms with E-state index in [1.54, 1.807) is 0 Å². The van der Waals surface area contributed by atoms with Gasteiger partial charge >= 0.3 is 0 Å². The van der Waals surface area contributed by atoms with E-state index < -0.39 is 15.1 Å². The number of aryl methyl sites for hydroxylation is 2. The Hall–Kier alpha value is -2.65. The van der Waals surface area contributed by atoms with Crippen molar-refractivity contribution in [2.75, 3.05) is 16.8 Å². The molecule has 1 amide bonds. The zero-order chi connectivity index (χ0) is 23.6. The van der Waals surface area contributed by atoms with Crippen molar-refractivity contribution >= 4 is 33.2 Å². The van der Waals surface area contributed by atoms with Crippen LogP contribution in [0.1, 0.15) is 34.2 Å². The van der Waals surface area contributed by atoms with Crippen molar-refractivity contribution in [2.24, 2.45) is 13.0 Å². The zero-order valence-corrected chi connectivity index (χ0v) is 20.6. The van der Waals surface area contributed by atoms with Gasteiger partial charge in [0, 0.05) is 19.2 Å². The van der Waals surface area contributed by atoms with Gasteiger partial charge in [0.2, 0.25) is 5.91 Å². The third kappa shape index (κ3) is 5.83. The third-order valence-corrected chi connectivity index (χ3v) is 8.90. The van der Waals surface area contributed by atoms with E-state index in [1.165, 1.54) is 11.8 Å². The van der Waals surface area contributed by atoms with Crippen LogP contribution in [0.3, 0.4) is 0 Å². The van der Waals surface area contributed by atoms with Gasteiger partial charge in [-0.2, -0.15) is 0 Å². The molecule has 7 nitrogen and oxygen atoms in total. The second-order valence-corrected chi connectivity index (χ2v) is 12.0. The SMILES string of the molecule is Cc1cc(C)cc(NC(=O)[C@H](Sc2nnc(C[C@@H]3CCS(=O)(=O)C3)n2C)c2ccccc2)c1. The number of amides is 1. The second-order valence-electron chi connectivity index (χ2n) is 8.71. The van der Waals surface area contributed by atoms with Crippen molar-refractivity contribution in [3.63, 3.8) is 0 Å². The molecular formula is C24H28N4O3S2. The normalized spacial score (nSPS) is 18.2. The first-order valence-corrected chi connectivity index (χ1v) is 13.6. The Balaban J connectivity index is 1.55. The predicted molar refractivity (Wildman–Crippen MR) is 131 cm³/mol. The molecule has 9 heteroatoms. The van der Waals surface area contributed by atoms with Gasteiger partial charge in [0.25, 0.3) is 0 Å². The van der Waals surface area contributed by atoms with Crippen LogP contribution in [0.2, 0.25) is 0 Å². The Kier molecular flexibility index (Phi) is 6.90. The molecule has 1 aliphatic heterocycles. The number of benzene rings is 2. The van der Waals surface area contributed by atoms with Crippen LogP contribution in [-0.2, 0) is 28.1 Å². The van der Waals surface area contributed by atoms with Crippen LogP contribution in [0, 0.1) is 19.8 Å². The number of carbonyl (C=O) groups is 1. The number of hydrogen-bond acceptors (Lipinski definition) is 6. The Morgan fingerprint density at radius 2 is 1.85 bits per heavy atom. The highest BCUT2D eigenvalue weighted by atomic mass is 32.2. The molecular weight excluding hydrogens is 456 g/mol. The molecule has 1 saturated heterocycles. The minimum atomic E-state index is -2.94. The van der Waals surface area contributed by atoms with Crippen molar-refractivity contribution < 1.29 is 13.2 Å². The summed E-state index contributed by atoms with van der Waals surface area (Å²) < 4.78 is 25.5. The van der Waals surface area contributed by atoms with Crippen molar-refractivity contribution in [2.45, 2.75) is 37.1 Å². The van der Waals surface area contributed by atoms with E-state index in [1.807, 2.05) is 67.9 Å². The molecule has 0 spiro atoms. The average molecular weight is 485 g/mol. The molecule has 1 aromatic heterocycles. The lowest BCUT2D eigenvalue weighted by atomic mass is 10.1. The van der Waals surface area contributed by atoms with E-state index in [2.05, 4.69) is 21.6 Å². The average Bonchev–Trinajstić information content (AvgIpc) is 3.27. The number of thioether (sulfide) groups is 1. The number of hydrogen-bond donors (Lipinski definition) is 1. The van der Waals surface area contributed by atoms with Gasteiger partial charge in [-0.05, 0) is 55.0 Å². The van der Waals surface area contributed by atoms with Crippen molar-refractivity contribution in [1.82, 2.24) is 14.8 Å². The fourth-order valence-electron chi connectivity index (χ4n) is 4.18. The van der Waals surface area contributed by atoms with Gasteiger partial charge in [-0.25, -0.2) is 8.42 Å². The van der Waals surface area contributed by atoms with Gasteiger partial charge < -0.3 is 9.88 Å². The summed E-state index contributed by atoms with van der Waals surface area (Å²) in [7, 11) is -1.07. The smallest absolute Gasteiger partial charge is 0.242 e. The highest BCUT2D eigenvalue weighted by molar-refractivity contribution is 8.00. The van der Waals surface area contributed by atoms with Gasteiger partial charge in [-0.3, -0.25) is 4.79 Å². The quantitative estimate of drug-likeness (QED) is 0.512. The maximum Gasteiger partial charge on any atom is 0.242 e. The Morgan fingerprint density at radius 1 is 1.15 bits per heavy atom. The van der Waals surface area contributed by atoms with Crippen LogP contribution in [0.15, 0.2) is 53.7 Å². The first kappa shape index (κ1) is 23.5. The topological polar surface area (TPSA) is 94.0 Å². The number of anilines is 1. The molecule has 1 N–H and O–H groups in total. The van der Waals surface area contributed by atoms with E-state index in [-0.39, 0.29) is 23.3 Å². The summed E-state index contributed by atoms with van der Waals surface area (Å²) in [5.74, 6) is 1.11. The van der Waals surface area contributed by atoms with Crippen molar-refractivity contribution in [3.05, 3.63) is 71.0 Å². The molecule has 2 aromatic carbocycles. The lowest BCUT2D eigenvalue weighted by molar-refractivity contribution is -0.115. The second kappa shape index (κ2) is 9.69. The van der Waals surface area contributed by atoms with Crippen molar-refractivity contribution in [1.29, 1.82) is 0 Å². The summed E-state index contributed by atoms with van der Waals surface area (Å²) in [6.07, 6.45) is 1.22. The number of carbonyl (C=O) groups excluding carboxylic acids is 1. The lowest BCUT2D eigenvalue weighted by Gasteiger charge is -2.17. The van der Waals surface area contributed by atoms with Gasteiger partial charge in [0.05, 0.1) is 11.5 Å². The number of nitrogens with one attached hydrogen (secondary N) is 1. The van der Waals surface area contributed by atoms with Crippen LogP contribution in [0.5, 0.6) is 0 Å². The number of aromatic nitrogens is 3. The Morgan fingerprint density at radius 3 is 2.48 bits per heavy atom. The fraction of sp³-hybridized carbons (Fsp3) is 0.375. The van der Waals surface area contributed by atoms with E-state index in [0.717, 1.165) is 28.2 Å². The molecule has 4 rings (SSSR count). The van der Waals surface area contributed by atoms with Gasteiger partial charge in [-0.1, -0.05) is 48.2 Å². The van der Waals surface area contributed by atoms with Crippen LogP contribution in [-0.4, -0.2) is 40.6 Å². The summed E-state index contributed by atoms with van der Waals surface area (Å²) >= 11 is 1.34. The highest BCUT2D eigenvalue weighted by Gasteiger charge is 2.30. The molecule has 0 saturated carbocycles. The molecule has 2 heterocycles. The fourth-order valence-corrected chi connectivity index (χ4v) is 7.06. The number of nitrogens with zero attached hydrogens (tertiary/aromatic N) is 3. The van der Waals surface area contributed by atoms with E-state index in [9.17, 15) is 13.2 Å². The van der Waals surface area contributed by atoms with E-state index >= 15 is 0 Å². The van der Waals surface area contributed by atoms with Gasteiger partial charge in [0.15, 0.2) is 15.0 Å². The molecule has 0 radical (unpaired) electrons.